The smallest absolute Gasteiger partial charge is 0.0818 e. The van der Waals surface area contributed by atoms with Crippen LogP contribution in [0.4, 0.5) is 5.69 Å². The van der Waals surface area contributed by atoms with Crippen molar-refractivity contribution in [1.29, 1.82) is 5.41 Å². The summed E-state index contributed by atoms with van der Waals surface area (Å²) in [6.45, 7) is 0. The molecule has 0 saturated heterocycles. The van der Waals surface area contributed by atoms with E-state index in [4.69, 9.17) is 11.1 Å². The number of hydrogen-bond acceptors (Lipinski definition) is 4. The Balaban J connectivity index is 0.00000133. The fourth-order valence-electron chi connectivity index (χ4n) is 1.92. The third-order valence-corrected chi connectivity index (χ3v) is 3.72. The molecule has 0 unspecified atom stereocenters. The lowest BCUT2D eigenvalue weighted by Gasteiger charge is -2.05. The van der Waals surface area contributed by atoms with Crippen molar-refractivity contribution in [3.8, 4) is 11.1 Å². The number of nitrogens with one attached hydrogen (secondary N) is 1. The molecule has 1 aromatic heterocycles. The summed E-state index contributed by atoms with van der Waals surface area (Å²) in [5.74, 6) is 0. The summed E-state index contributed by atoms with van der Waals surface area (Å²) in [7, 11) is 0. The van der Waals surface area contributed by atoms with E-state index < -0.39 is 0 Å². The number of nitrogens with zero attached hydrogens (tertiary/aromatic N) is 1. The van der Waals surface area contributed by atoms with E-state index >= 15 is 0 Å². The van der Waals surface area contributed by atoms with Crippen LogP contribution in [-0.4, -0.2) is 11.2 Å². The van der Waals surface area contributed by atoms with E-state index in [1.807, 2.05) is 23.7 Å². The van der Waals surface area contributed by atoms with Crippen molar-refractivity contribution in [3.63, 3.8) is 0 Å². The average molecular weight is 255 g/mol. The maximum atomic E-state index is 7.33. The van der Waals surface area contributed by atoms with Crippen LogP contribution in [0.1, 0.15) is 6.99 Å². The monoisotopic (exact) mass is 255 g/mol. The predicted molar refractivity (Wildman–Crippen MR) is 79.5 cm³/mol. The first-order valence-electron chi connectivity index (χ1n) is 5.51. The van der Waals surface area contributed by atoms with Crippen molar-refractivity contribution in [2.24, 2.45) is 0 Å². The summed E-state index contributed by atoms with van der Waals surface area (Å²) in [6, 6.07) is 11.9. The fourth-order valence-corrected chi connectivity index (χ4v) is 2.58. The predicted octanol–water partition coefficient (Wildman–Crippen LogP) is 3.79. The number of nitrogens with two attached hydrogens (primary N) is 1. The van der Waals surface area contributed by atoms with Crippen molar-refractivity contribution in [3.05, 3.63) is 47.5 Å². The highest BCUT2D eigenvalue weighted by Crippen LogP contribution is 2.27. The summed E-state index contributed by atoms with van der Waals surface area (Å²) < 4.78 is 1.18. The minimum absolute atomic E-state index is 0. The van der Waals surface area contributed by atoms with Gasteiger partial charge in [0.2, 0.25) is 0 Å². The molecule has 3 aromatic rings. The molecule has 0 aliphatic rings. The van der Waals surface area contributed by atoms with Crippen LogP contribution in [0.15, 0.2) is 41.9 Å². The highest BCUT2D eigenvalue weighted by atomic mass is 32.1. The highest BCUT2D eigenvalue weighted by Gasteiger charge is 2.04. The second-order valence-corrected chi connectivity index (χ2v) is 4.91. The molecule has 0 saturated carbocycles. The Kier molecular flexibility index (Phi) is 2.57. The van der Waals surface area contributed by atoms with Crippen LogP contribution in [0.25, 0.3) is 21.3 Å². The van der Waals surface area contributed by atoms with Crippen LogP contribution in [-0.2, 0) is 0 Å². The maximum Gasteiger partial charge on any atom is 0.0818 e. The Morgan fingerprint density at radius 2 is 1.94 bits per heavy atom. The van der Waals surface area contributed by atoms with Gasteiger partial charge in [-0.2, -0.15) is 0 Å². The number of thiazole rings is 1. The molecule has 0 atom stereocenters. The third-order valence-electron chi connectivity index (χ3n) is 2.91. The van der Waals surface area contributed by atoms with E-state index in [2.05, 4.69) is 23.2 Å². The van der Waals surface area contributed by atoms with Crippen molar-refractivity contribution >= 4 is 33.5 Å². The molecule has 0 spiro atoms. The number of nitrogen functional groups attached to an aromatic ring is 1. The zero-order valence-corrected chi connectivity index (χ0v) is 10.4. The molecule has 0 aliphatic heterocycles. The molecule has 3 N–H and O–H groups in total. The van der Waals surface area contributed by atoms with Crippen LogP contribution >= 0.6 is 11.3 Å². The molecule has 1 heterocycles. The molecular formula is C14H13N3S. The topological polar surface area (TPSA) is 62.8 Å². The number of anilines is 1. The molecule has 0 amide bonds. The first kappa shape index (κ1) is 10.9. The number of hydrogen-bond donors (Lipinski definition) is 2. The zero-order chi connectivity index (χ0) is 12.5. The lowest BCUT2D eigenvalue weighted by molar-refractivity contribution is 1.49. The first-order chi connectivity index (χ1) is 8.78. The molecule has 0 bridgehead atoms. The van der Waals surface area contributed by atoms with Gasteiger partial charge in [-0.1, -0.05) is 12.1 Å². The number of aromatic nitrogens is 1. The molecular weight excluding hydrogens is 242 g/mol. The Labute approximate surface area is 110 Å². The van der Waals surface area contributed by atoms with Crippen LogP contribution < -0.4 is 5.73 Å². The van der Waals surface area contributed by atoms with Crippen molar-refractivity contribution < 1.29 is 1.43 Å². The molecule has 0 fully saturated rings. The van der Waals surface area contributed by atoms with Gasteiger partial charge in [-0.15, -0.1) is 11.3 Å². The normalized spacial score (nSPS) is 10.7. The summed E-state index contributed by atoms with van der Waals surface area (Å²) in [5, 5.41) is 7.33. The quantitative estimate of drug-likeness (QED) is 0.540. The van der Waals surface area contributed by atoms with Crippen LogP contribution in [0.3, 0.4) is 0 Å². The van der Waals surface area contributed by atoms with Gasteiger partial charge >= 0.3 is 0 Å². The van der Waals surface area contributed by atoms with E-state index in [1.54, 1.807) is 11.3 Å². The van der Waals surface area contributed by atoms with Crippen molar-refractivity contribution in [2.75, 3.05) is 5.73 Å². The number of rotatable bonds is 2. The second-order valence-electron chi connectivity index (χ2n) is 4.02. The van der Waals surface area contributed by atoms with E-state index in [-0.39, 0.29) is 1.43 Å². The Morgan fingerprint density at radius 1 is 1.17 bits per heavy atom. The molecule has 3 rings (SSSR count). The minimum atomic E-state index is 0. The summed E-state index contributed by atoms with van der Waals surface area (Å²) in [6.07, 6.45) is 1.28. The SMILES string of the molecule is N=Cc1cc(-c2ccc3scnc3c2)ccc1N.[HH]. The first-order valence-corrected chi connectivity index (χ1v) is 6.39. The van der Waals surface area contributed by atoms with Crippen LogP contribution in [0.2, 0.25) is 0 Å². The fraction of sp³-hybridized carbons (Fsp3) is 0. The molecule has 0 aliphatic carbocycles. The van der Waals surface area contributed by atoms with Crippen LogP contribution in [0.5, 0.6) is 0 Å². The minimum Gasteiger partial charge on any atom is -0.398 e. The number of fused-ring (bicyclic) bond motifs is 1. The Hall–Kier alpha value is -2.20. The van der Waals surface area contributed by atoms with Crippen molar-refractivity contribution in [2.45, 2.75) is 0 Å². The molecule has 0 radical (unpaired) electrons. The Morgan fingerprint density at radius 3 is 2.78 bits per heavy atom. The van der Waals surface area contributed by atoms with Gasteiger partial charge in [0.25, 0.3) is 0 Å². The van der Waals surface area contributed by atoms with Gasteiger partial charge in [0, 0.05) is 18.9 Å². The highest BCUT2D eigenvalue weighted by molar-refractivity contribution is 7.16. The van der Waals surface area contributed by atoms with E-state index in [1.165, 1.54) is 10.9 Å². The molecule has 3 nitrogen and oxygen atoms in total. The standard InChI is InChI=1S/C14H11N3S.H2/c15-7-11-5-9(1-3-12(11)16)10-2-4-14-13(6-10)17-8-18-14;/h1-8,15H,16H2;1H. The molecule has 2 aromatic carbocycles. The maximum absolute atomic E-state index is 7.33. The molecule has 18 heavy (non-hydrogen) atoms. The van der Waals surface area contributed by atoms with E-state index in [9.17, 15) is 0 Å². The van der Waals surface area contributed by atoms with Gasteiger partial charge in [0.05, 0.1) is 15.7 Å². The summed E-state index contributed by atoms with van der Waals surface area (Å²) in [5.41, 5.74) is 12.2. The third kappa shape index (κ3) is 1.76. The number of benzene rings is 2. The summed E-state index contributed by atoms with van der Waals surface area (Å²) >= 11 is 1.63. The summed E-state index contributed by atoms with van der Waals surface area (Å²) in [4.78, 5) is 4.31. The lowest BCUT2D eigenvalue weighted by Crippen LogP contribution is -1.92. The van der Waals surface area contributed by atoms with E-state index in [0.29, 0.717) is 5.69 Å². The average Bonchev–Trinajstić information content (AvgIpc) is 2.86. The van der Waals surface area contributed by atoms with Gasteiger partial charge < -0.3 is 11.1 Å². The van der Waals surface area contributed by atoms with Crippen LogP contribution in [0, 0.1) is 5.41 Å². The van der Waals surface area contributed by atoms with Gasteiger partial charge in [0.15, 0.2) is 0 Å². The van der Waals surface area contributed by atoms with Gasteiger partial charge in [-0.25, -0.2) is 4.98 Å². The Bertz CT molecular complexity index is 736. The van der Waals surface area contributed by atoms with Crippen molar-refractivity contribution in [1.82, 2.24) is 4.98 Å². The second kappa shape index (κ2) is 4.23. The zero-order valence-electron chi connectivity index (χ0n) is 9.55. The van der Waals surface area contributed by atoms with Gasteiger partial charge in [-0.05, 0) is 35.4 Å². The largest absolute Gasteiger partial charge is 0.398 e. The van der Waals surface area contributed by atoms with E-state index in [0.717, 1.165) is 22.2 Å². The van der Waals surface area contributed by atoms with Gasteiger partial charge in [0.1, 0.15) is 0 Å². The van der Waals surface area contributed by atoms with Gasteiger partial charge in [-0.3, -0.25) is 0 Å². The lowest BCUT2D eigenvalue weighted by atomic mass is 10.0. The molecule has 90 valence electrons. The molecule has 4 heteroatoms.